The SMILES string of the molecule is O=C(CCC(=O)N1CCN(c2cccc(Cl)c2)CC1)Nc1nnc(C(F)(F)F)s1. The van der Waals surface area contributed by atoms with Crippen LogP contribution in [0.5, 0.6) is 0 Å². The number of alkyl halides is 3. The fourth-order valence-corrected chi connectivity index (χ4v) is 3.65. The summed E-state index contributed by atoms with van der Waals surface area (Å²) in [4.78, 5) is 28.0. The van der Waals surface area contributed by atoms with E-state index in [1.807, 2.05) is 18.2 Å². The van der Waals surface area contributed by atoms with Crippen LogP contribution in [0.25, 0.3) is 0 Å². The van der Waals surface area contributed by atoms with Crippen LogP contribution in [0.1, 0.15) is 17.8 Å². The van der Waals surface area contributed by atoms with Gasteiger partial charge >= 0.3 is 6.18 Å². The van der Waals surface area contributed by atoms with E-state index in [1.165, 1.54) is 0 Å². The number of carbonyl (C=O) groups excluding carboxylic acids is 2. The first-order chi connectivity index (χ1) is 13.7. The first-order valence-electron chi connectivity index (χ1n) is 8.71. The zero-order valence-electron chi connectivity index (χ0n) is 15.1. The molecule has 156 valence electrons. The number of rotatable bonds is 5. The zero-order chi connectivity index (χ0) is 21.0. The average Bonchev–Trinajstić information content (AvgIpc) is 3.15. The molecule has 29 heavy (non-hydrogen) atoms. The smallest absolute Gasteiger partial charge is 0.368 e. The number of aromatic nitrogens is 2. The van der Waals surface area contributed by atoms with E-state index in [0.717, 1.165) is 5.69 Å². The van der Waals surface area contributed by atoms with Crippen molar-refractivity contribution in [3.63, 3.8) is 0 Å². The Kier molecular flexibility index (Phi) is 6.58. The van der Waals surface area contributed by atoms with E-state index >= 15 is 0 Å². The van der Waals surface area contributed by atoms with Crippen molar-refractivity contribution >= 4 is 45.6 Å². The van der Waals surface area contributed by atoms with Gasteiger partial charge in [-0.1, -0.05) is 29.0 Å². The Morgan fingerprint density at radius 3 is 2.48 bits per heavy atom. The van der Waals surface area contributed by atoms with Gasteiger partial charge in [0.05, 0.1) is 0 Å². The summed E-state index contributed by atoms with van der Waals surface area (Å²) >= 11 is 6.24. The second-order valence-electron chi connectivity index (χ2n) is 6.31. The molecule has 0 bridgehead atoms. The first-order valence-corrected chi connectivity index (χ1v) is 9.90. The number of anilines is 2. The highest BCUT2D eigenvalue weighted by atomic mass is 35.5. The summed E-state index contributed by atoms with van der Waals surface area (Å²) in [5.41, 5.74) is 0.985. The Morgan fingerprint density at radius 1 is 1.14 bits per heavy atom. The molecule has 0 saturated carbocycles. The topological polar surface area (TPSA) is 78.4 Å². The standard InChI is InChI=1S/C17H17ClF3N5O2S/c18-11-2-1-3-12(10-11)25-6-8-26(9-7-25)14(28)5-4-13(27)22-16-24-23-15(29-16)17(19,20)21/h1-3,10H,4-9H2,(H,22,24,27). The van der Waals surface area contributed by atoms with Gasteiger partial charge in [-0.3, -0.25) is 9.59 Å². The van der Waals surface area contributed by atoms with Gasteiger partial charge in [-0.2, -0.15) is 13.2 Å². The predicted molar refractivity (Wildman–Crippen MR) is 103 cm³/mol. The van der Waals surface area contributed by atoms with Gasteiger partial charge in [0.2, 0.25) is 22.0 Å². The molecule has 12 heteroatoms. The van der Waals surface area contributed by atoms with Crippen LogP contribution >= 0.6 is 22.9 Å². The van der Waals surface area contributed by atoms with Gasteiger partial charge < -0.3 is 15.1 Å². The van der Waals surface area contributed by atoms with Crippen molar-refractivity contribution in [1.82, 2.24) is 15.1 Å². The number of piperazine rings is 1. The fraction of sp³-hybridized carbons (Fsp3) is 0.412. The lowest BCUT2D eigenvalue weighted by Crippen LogP contribution is -2.48. The molecule has 1 N–H and O–H groups in total. The molecule has 1 aliphatic rings. The number of nitrogens with one attached hydrogen (secondary N) is 1. The molecule has 2 aromatic rings. The molecule has 2 heterocycles. The lowest BCUT2D eigenvalue weighted by molar-refractivity contribution is -0.138. The van der Waals surface area contributed by atoms with Crippen molar-refractivity contribution in [2.24, 2.45) is 0 Å². The van der Waals surface area contributed by atoms with Crippen LogP contribution in [0, 0.1) is 0 Å². The second-order valence-corrected chi connectivity index (χ2v) is 7.72. The maximum Gasteiger partial charge on any atom is 0.445 e. The second kappa shape index (κ2) is 8.95. The van der Waals surface area contributed by atoms with Crippen molar-refractivity contribution in [2.75, 3.05) is 36.4 Å². The number of amides is 2. The van der Waals surface area contributed by atoms with Crippen molar-refractivity contribution in [3.05, 3.63) is 34.3 Å². The van der Waals surface area contributed by atoms with E-state index in [9.17, 15) is 22.8 Å². The molecule has 1 fully saturated rings. The minimum Gasteiger partial charge on any atom is -0.368 e. The summed E-state index contributed by atoms with van der Waals surface area (Å²) in [6.07, 6.45) is -4.79. The van der Waals surface area contributed by atoms with Crippen molar-refractivity contribution in [2.45, 2.75) is 19.0 Å². The third-order valence-corrected chi connectivity index (χ3v) is 5.40. The van der Waals surface area contributed by atoms with Gasteiger partial charge in [-0.15, -0.1) is 10.2 Å². The lowest BCUT2D eigenvalue weighted by Gasteiger charge is -2.36. The molecule has 1 aliphatic heterocycles. The van der Waals surface area contributed by atoms with Gasteiger partial charge in [0.1, 0.15) is 0 Å². The molecular formula is C17H17ClF3N5O2S. The van der Waals surface area contributed by atoms with E-state index in [0.29, 0.717) is 31.2 Å². The molecule has 0 atom stereocenters. The summed E-state index contributed by atoms with van der Waals surface area (Å²) in [6.45, 7) is 2.31. The average molecular weight is 448 g/mol. The van der Waals surface area contributed by atoms with Crippen LogP contribution in [-0.2, 0) is 15.8 Å². The molecule has 7 nitrogen and oxygen atoms in total. The summed E-state index contributed by atoms with van der Waals surface area (Å²) in [7, 11) is 0. The highest BCUT2D eigenvalue weighted by molar-refractivity contribution is 7.15. The Balaban J connectivity index is 1.43. The number of hydrogen-bond acceptors (Lipinski definition) is 6. The Bertz CT molecular complexity index is 884. The Morgan fingerprint density at radius 2 is 1.86 bits per heavy atom. The highest BCUT2D eigenvalue weighted by Crippen LogP contribution is 2.33. The minimum absolute atomic E-state index is 0.0338. The zero-order valence-corrected chi connectivity index (χ0v) is 16.6. The van der Waals surface area contributed by atoms with Gasteiger partial charge in [0.15, 0.2) is 0 Å². The highest BCUT2D eigenvalue weighted by Gasteiger charge is 2.35. The predicted octanol–water partition coefficient (Wildman–Crippen LogP) is 3.28. The minimum atomic E-state index is -4.61. The van der Waals surface area contributed by atoms with E-state index in [-0.39, 0.29) is 35.2 Å². The molecule has 0 unspecified atom stereocenters. The maximum atomic E-state index is 12.5. The van der Waals surface area contributed by atoms with Gasteiger partial charge in [-0.25, -0.2) is 0 Å². The van der Waals surface area contributed by atoms with Gasteiger partial charge in [0, 0.05) is 49.7 Å². The van der Waals surface area contributed by atoms with Crippen LogP contribution in [0.3, 0.4) is 0 Å². The Hall–Kier alpha value is -2.40. The van der Waals surface area contributed by atoms with Crippen LogP contribution in [-0.4, -0.2) is 53.1 Å². The molecule has 3 rings (SSSR count). The molecule has 1 aromatic carbocycles. The number of carbonyl (C=O) groups is 2. The molecule has 1 aromatic heterocycles. The largest absolute Gasteiger partial charge is 0.445 e. The lowest BCUT2D eigenvalue weighted by atomic mass is 10.2. The van der Waals surface area contributed by atoms with Crippen molar-refractivity contribution in [3.8, 4) is 0 Å². The first kappa shape index (κ1) is 21.3. The number of halogens is 4. The van der Waals surface area contributed by atoms with Crippen LogP contribution in [0.2, 0.25) is 5.02 Å². The summed E-state index contributed by atoms with van der Waals surface area (Å²) in [5, 5.41) is 7.78. The van der Waals surface area contributed by atoms with Gasteiger partial charge in [0.25, 0.3) is 0 Å². The molecule has 2 amide bonds. The van der Waals surface area contributed by atoms with Crippen LogP contribution < -0.4 is 10.2 Å². The summed E-state index contributed by atoms with van der Waals surface area (Å²) in [6, 6.07) is 7.47. The summed E-state index contributed by atoms with van der Waals surface area (Å²) < 4.78 is 37.5. The van der Waals surface area contributed by atoms with Crippen LogP contribution in [0.4, 0.5) is 24.0 Å². The normalized spacial score (nSPS) is 14.8. The number of nitrogens with zero attached hydrogens (tertiary/aromatic N) is 4. The van der Waals surface area contributed by atoms with E-state index in [1.54, 1.807) is 11.0 Å². The molecule has 1 saturated heterocycles. The maximum absolute atomic E-state index is 12.5. The molecule has 0 spiro atoms. The van der Waals surface area contributed by atoms with Crippen LogP contribution in [0.15, 0.2) is 24.3 Å². The molecule has 0 radical (unpaired) electrons. The quantitative estimate of drug-likeness (QED) is 0.761. The molecule has 0 aliphatic carbocycles. The summed E-state index contributed by atoms with van der Waals surface area (Å²) in [5.74, 6) is -0.764. The third kappa shape index (κ3) is 5.80. The Labute approximate surface area is 173 Å². The van der Waals surface area contributed by atoms with Gasteiger partial charge in [-0.05, 0) is 18.2 Å². The van der Waals surface area contributed by atoms with Crippen molar-refractivity contribution < 1.29 is 22.8 Å². The fourth-order valence-electron chi connectivity index (χ4n) is 2.84. The monoisotopic (exact) mass is 447 g/mol. The number of hydrogen-bond donors (Lipinski definition) is 1. The number of benzene rings is 1. The van der Waals surface area contributed by atoms with E-state index < -0.39 is 17.1 Å². The van der Waals surface area contributed by atoms with E-state index in [2.05, 4.69) is 20.4 Å². The van der Waals surface area contributed by atoms with E-state index in [4.69, 9.17) is 11.6 Å². The molecular weight excluding hydrogens is 431 g/mol. The third-order valence-electron chi connectivity index (χ3n) is 4.29. The van der Waals surface area contributed by atoms with Crippen molar-refractivity contribution in [1.29, 1.82) is 0 Å².